The number of rotatable bonds is 7. The van der Waals surface area contributed by atoms with Crippen molar-refractivity contribution in [2.45, 2.75) is 45.4 Å². The minimum Gasteiger partial charge on any atom is -0.491 e. The summed E-state index contributed by atoms with van der Waals surface area (Å²) in [6.45, 7) is 2.74. The molecule has 6 nitrogen and oxygen atoms in total. The van der Waals surface area contributed by atoms with Crippen molar-refractivity contribution in [3.8, 4) is 5.75 Å². The number of nitrogens with zero attached hydrogens (tertiary/aromatic N) is 1. The van der Waals surface area contributed by atoms with Crippen molar-refractivity contribution in [2.75, 3.05) is 18.5 Å². The van der Waals surface area contributed by atoms with Crippen molar-refractivity contribution in [3.63, 3.8) is 0 Å². The maximum absolute atomic E-state index is 12.4. The van der Waals surface area contributed by atoms with Crippen molar-refractivity contribution in [2.24, 2.45) is 11.8 Å². The molecule has 1 N–H and O–H groups in total. The van der Waals surface area contributed by atoms with Gasteiger partial charge in [-0.3, -0.25) is 19.3 Å². The van der Waals surface area contributed by atoms with Gasteiger partial charge in [-0.1, -0.05) is 31.9 Å². The zero-order valence-corrected chi connectivity index (χ0v) is 15.2. The second-order valence-corrected chi connectivity index (χ2v) is 6.97. The molecule has 1 aliphatic heterocycles. The van der Waals surface area contributed by atoms with Gasteiger partial charge in [-0.05, 0) is 31.4 Å². The van der Waals surface area contributed by atoms with Gasteiger partial charge in [0.05, 0.1) is 24.1 Å². The van der Waals surface area contributed by atoms with Gasteiger partial charge < -0.3 is 10.1 Å². The highest BCUT2D eigenvalue weighted by atomic mass is 16.5. The quantitative estimate of drug-likeness (QED) is 0.760. The van der Waals surface area contributed by atoms with E-state index in [1.807, 2.05) is 25.1 Å². The van der Waals surface area contributed by atoms with Crippen LogP contribution in [0.15, 0.2) is 24.3 Å². The van der Waals surface area contributed by atoms with Crippen LogP contribution in [0.3, 0.4) is 0 Å². The molecule has 1 aromatic carbocycles. The number of carbonyl (C=O) groups excluding carboxylic acids is 3. The molecule has 2 atom stereocenters. The van der Waals surface area contributed by atoms with Crippen LogP contribution >= 0.6 is 0 Å². The van der Waals surface area contributed by atoms with Crippen LogP contribution in [0.25, 0.3) is 0 Å². The fourth-order valence-corrected chi connectivity index (χ4v) is 3.79. The normalized spacial score (nSPS) is 22.3. The lowest BCUT2D eigenvalue weighted by molar-refractivity contribution is -0.140. The van der Waals surface area contributed by atoms with Gasteiger partial charge in [0.15, 0.2) is 0 Å². The molecule has 0 aromatic heterocycles. The van der Waals surface area contributed by atoms with Crippen LogP contribution in [0.4, 0.5) is 5.69 Å². The Kier molecular flexibility index (Phi) is 5.91. The average molecular weight is 358 g/mol. The Balaban J connectivity index is 1.56. The number of anilines is 1. The van der Waals surface area contributed by atoms with Gasteiger partial charge in [-0.25, -0.2) is 0 Å². The molecule has 2 unspecified atom stereocenters. The number of fused-ring (bicyclic) bond motifs is 1. The zero-order valence-electron chi connectivity index (χ0n) is 15.2. The minimum absolute atomic E-state index is 0.0963. The lowest BCUT2D eigenvalue weighted by Crippen LogP contribution is -2.34. The van der Waals surface area contributed by atoms with E-state index in [0.29, 0.717) is 18.0 Å². The highest BCUT2D eigenvalue weighted by Crippen LogP contribution is 2.38. The molecule has 2 fully saturated rings. The van der Waals surface area contributed by atoms with Crippen molar-refractivity contribution < 1.29 is 19.1 Å². The average Bonchev–Trinajstić information content (AvgIpc) is 2.90. The summed E-state index contributed by atoms with van der Waals surface area (Å²) >= 11 is 0. The summed E-state index contributed by atoms with van der Waals surface area (Å²) in [6.07, 6.45) is 4.56. The molecule has 1 heterocycles. The first-order chi connectivity index (χ1) is 12.6. The molecule has 26 heavy (non-hydrogen) atoms. The van der Waals surface area contributed by atoms with E-state index in [1.165, 1.54) is 4.90 Å². The third-order valence-corrected chi connectivity index (χ3v) is 5.12. The third kappa shape index (κ3) is 3.89. The molecule has 0 bridgehead atoms. The van der Waals surface area contributed by atoms with Gasteiger partial charge >= 0.3 is 0 Å². The number of nitrogens with one attached hydrogen (secondary N) is 1. The van der Waals surface area contributed by atoms with Crippen molar-refractivity contribution in [1.82, 2.24) is 4.90 Å². The molecule has 1 saturated heterocycles. The highest BCUT2D eigenvalue weighted by molar-refractivity contribution is 6.05. The molecule has 3 amide bonds. The summed E-state index contributed by atoms with van der Waals surface area (Å²) < 4.78 is 5.63. The monoisotopic (exact) mass is 358 g/mol. The largest absolute Gasteiger partial charge is 0.491 e. The molecular weight excluding hydrogens is 332 g/mol. The molecule has 1 saturated carbocycles. The first-order valence-electron chi connectivity index (χ1n) is 9.48. The van der Waals surface area contributed by atoms with Gasteiger partial charge in [0, 0.05) is 13.0 Å². The van der Waals surface area contributed by atoms with Crippen LogP contribution in [0.1, 0.15) is 45.4 Å². The summed E-state index contributed by atoms with van der Waals surface area (Å²) in [5.41, 5.74) is 0.610. The van der Waals surface area contributed by atoms with E-state index >= 15 is 0 Å². The number of benzene rings is 1. The Labute approximate surface area is 153 Å². The van der Waals surface area contributed by atoms with Crippen molar-refractivity contribution >= 4 is 23.4 Å². The van der Waals surface area contributed by atoms with Crippen LogP contribution in [-0.2, 0) is 14.4 Å². The molecule has 2 aliphatic rings. The van der Waals surface area contributed by atoms with E-state index in [0.717, 1.165) is 32.1 Å². The van der Waals surface area contributed by atoms with Crippen LogP contribution in [0.2, 0.25) is 0 Å². The van der Waals surface area contributed by atoms with Gasteiger partial charge in [-0.15, -0.1) is 0 Å². The van der Waals surface area contributed by atoms with E-state index in [2.05, 4.69) is 5.32 Å². The van der Waals surface area contributed by atoms with Crippen LogP contribution in [0, 0.1) is 11.8 Å². The maximum atomic E-state index is 12.4. The van der Waals surface area contributed by atoms with Gasteiger partial charge in [0.2, 0.25) is 17.7 Å². The van der Waals surface area contributed by atoms with Gasteiger partial charge in [0.25, 0.3) is 0 Å². The summed E-state index contributed by atoms with van der Waals surface area (Å²) in [6, 6.07) is 7.27. The summed E-state index contributed by atoms with van der Waals surface area (Å²) in [5.74, 6) is -0.126. The van der Waals surface area contributed by atoms with Gasteiger partial charge in [0.1, 0.15) is 5.75 Å². The fraction of sp³-hybridized carbons (Fsp3) is 0.550. The first kappa shape index (κ1) is 18.4. The number of hydrogen-bond donors (Lipinski definition) is 1. The lowest BCUT2D eigenvalue weighted by Gasteiger charge is -2.19. The molecule has 1 aromatic rings. The maximum Gasteiger partial charge on any atom is 0.233 e. The topological polar surface area (TPSA) is 75.7 Å². The SMILES string of the molecule is CCCOc1ccccc1NC(=O)CCN1C(=O)C2CCCCC2C1=O. The van der Waals surface area contributed by atoms with Crippen LogP contribution < -0.4 is 10.1 Å². The van der Waals surface area contributed by atoms with E-state index in [9.17, 15) is 14.4 Å². The minimum atomic E-state index is -0.229. The Morgan fingerprint density at radius 1 is 1.15 bits per heavy atom. The predicted octanol–water partition coefficient (Wildman–Crippen LogP) is 2.98. The van der Waals surface area contributed by atoms with Crippen LogP contribution in [-0.4, -0.2) is 35.8 Å². The van der Waals surface area contributed by atoms with E-state index < -0.39 is 0 Å². The van der Waals surface area contributed by atoms with Crippen molar-refractivity contribution in [3.05, 3.63) is 24.3 Å². The Morgan fingerprint density at radius 3 is 2.46 bits per heavy atom. The molecule has 0 radical (unpaired) electrons. The van der Waals surface area contributed by atoms with Crippen molar-refractivity contribution in [1.29, 1.82) is 0 Å². The zero-order chi connectivity index (χ0) is 18.5. The van der Waals surface area contributed by atoms with E-state index in [-0.39, 0.29) is 42.5 Å². The summed E-state index contributed by atoms with van der Waals surface area (Å²) in [4.78, 5) is 38.5. The number of para-hydroxylation sites is 2. The Bertz CT molecular complexity index is 664. The fourth-order valence-electron chi connectivity index (χ4n) is 3.79. The third-order valence-electron chi connectivity index (χ3n) is 5.12. The molecule has 0 spiro atoms. The number of amides is 3. The summed E-state index contributed by atoms with van der Waals surface area (Å²) in [7, 11) is 0. The Hall–Kier alpha value is -2.37. The second kappa shape index (κ2) is 8.34. The number of hydrogen-bond acceptors (Lipinski definition) is 4. The molecule has 3 rings (SSSR count). The number of ether oxygens (including phenoxy) is 1. The molecule has 1 aliphatic carbocycles. The molecule has 140 valence electrons. The Morgan fingerprint density at radius 2 is 1.81 bits per heavy atom. The first-order valence-corrected chi connectivity index (χ1v) is 9.48. The van der Waals surface area contributed by atoms with Gasteiger partial charge in [-0.2, -0.15) is 0 Å². The number of carbonyl (C=O) groups is 3. The summed E-state index contributed by atoms with van der Waals surface area (Å²) in [5, 5.41) is 2.82. The smallest absolute Gasteiger partial charge is 0.233 e. The number of imide groups is 1. The highest BCUT2D eigenvalue weighted by Gasteiger charge is 2.47. The number of likely N-dealkylation sites (tertiary alicyclic amines) is 1. The predicted molar refractivity (Wildman–Crippen MR) is 97.6 cm³/mol. The molecular formula is C20H26N2O4. The van der Waals surface area contributed by atoms with E-state index in [4.69, 9.17) is 4.74 Å². The van der Waals surface area contributed by atoms with E-state index in [1.54, 1.807) is 6.07 Å². The lowest BCUT2D eigenvalue weighted by atomic mass is 9.81. The molecule has 6 heteroatoms. The standard InChI is InChI=1S/C20H26N2O4/c1-2-13-26-17-10-6-5-9-16(17)21-18(23)11-12-22-19(24)14-7-3-4-8-15(14)20(22)25/h5-6,9-10,14-15H,2-4,7-8,11-13H2,1H3,(H,21,23). The second-order valence-electron chi connectivity index (χ2n) is 6.97. The van der Waals surface area contributed by atoms with Crippen LogP contribution in [0.5, 0.6) is 5.75 Å².